The number of rotatable bonds is 2. The predicted octanol–water partition coefficient (Wildman–Crippen LogP) is 2.49. The molecule has 11 heteroatoms. The number of hydrogen-bond acceptors (Lipinski definition) is 5. The summed E-state index contributed by atoms with van der Waals surface area (Å²) in [5.74, 6) is -0.428. The number of fused-ring (bicyclic) bond motifs is 1. The molecule has 2 aliphatic rings. The highest BCUT2D eigenvalue weighted by Gasteiger charge is 2.50. The normalized spacial score (nSPS) is 22.1. The Kier molecular flexibility index (Phi) is 4.75. The first-order valence-electron chi connectivity index (χ1n) is 7.43. The number of carboxylic acid groups (broad SMARTS) is 1. The summed E-state index contributed by atoms with van der Waals surface area (Å²) in [6.45, 7) is 5.40. The number of amides is 1. The molecule has 0 bridgehead atoms. The van der Waals surface area contributed by atoms with Crippen molar-refractivity contribution in [1.82, 2.24) is 9.80 Å². The lowest BCUT2D eigenvalue weighted by Gasteiger charge is -2.48. The summed E-state index contributed by atoms with van der Waals surface area (Å²) in [6.07, 6.45) is 1.77. The Morgan fingerprint density at radius 3 is 2.36 bits per heavy atom. The Hall–Kier alpha value is -1.91. The van der Waals surface area contributed by atoms with Gasteiger partial charge in [0.15, 0.2) is 0 Å². The van der Waals surface area contributed by atoms with E-state index in [-0.39, 0.29) is 13.1 Å². The molecule has 0 spiro atoms. The van der Waals surface area contributed by atoms with E-state index in [4.69, 9.17) is 5.11 Å². The Morgan fingerprint density at radius 2 is 1.88 bits per heavy atom. The molecule has 0 aromatic carbocycles. The van der Waals surface area contributed by atoms with Gasteiger partial charge in [-0.2, -0.15) is 21.6 Å². The molecule has 2 aliphatic heterocycles. The van der Waals surface area contributed by atoms with Crippen LogP contribution in [-0.2, 0) is 14.3 Å². The van der Waals surface area contributed by atoms with Crippen LogP contribution in [0.2, 0.25) is 0 Å². The van der Waals surface area contributed by atoms with E-state index < -0.39 is 39.2 Å². The van der Waals surface area contributed by atoms with Crippen LogP contribution >= 0.6 is 0 Å². The fourth-order valence-electron chi connectivity index (χ4n) is 2.93. The molecule has 0 radical (unpaired) electrons. The number of allylic oxidation sites excluding steroid dienone is 2. The minimum atomic E-state index is -5.80. The van der Waals surface area contributed by atoms with Crippen molar-refractivity contribution in [2.75, 3.05) is 13.1 Å². The van der Waals surface area contributed by atoms with Gasteiger partial charge in [0.05, 0.1) is 6.04 Å². The molecule has 1 fully saturated rings. The van der Waals surface area contributed by atoms with Crippen LogP contribution in [0.3, 0.4) is 0 Å². The van der Waals surface area contributed by atoms with Gasteiger partial charge in [-0.1, -0.05) is 6.08 Å². The molecule has 7 nitrogen and oxygen atoms in total. The summed E-state index contributed by atoms with van der Waals surface area (Å²) in [5, 5.41) is 9.09. The van der Waals surface area contributed by atoms with E-state index in [9.17, 15) is 26.4 Å². The van der Waals surface area contributed by atoms with Crippen molar-refractivity contribution in [3.63, 3.8) is 0 Å². The minimum absolute atomic E-state index is 0.0996. The first kappa shape index (κ1) is 19.4. The molecule has 1 atom stereocenters. The van der Waals surface area contributed by atoms with E-state index in [1.54, 1.807) is 20.8 Å². The molecule has 2 heterocycles. The quantitative estimate of drug-likeness (QED) is 0.581. The van der Waals surface area contributed by atoms with Crippen molar-refractivity contribution in [3.8, 4) is 0 Å². The Bertz CT molecular complexity index is 722. The molecule has 1 amide bonds. The lowest BCUT2D eigenvalue weighted by atomic mass is 9.90. The summed E-state index contributed by atoms with van der Waals surface area (Å²) in [5.41, 5.74) is -5.61. The van der Waals surface area contributed by atoms with E-state index in [0.29, 0.717) is 12.0 Å². The zero-order valence-corrected chi connectivity index (χ0v) is 14.7. The number of piperidine rings is 1. The monoisotopic (exact) mass is 384 g/mol. The largest absolute Gasteiger partial charge is 0.534 e. The topological polar surface area (TPSA) is 87.2 Å². The van der Waals surface area contributed by atoms with Gasteiger partial charge in [0, 0.05) is 18.6 Å². The van der Waals surface area contributed by atoms with E-state index >= 15 is 0 Å². The van der Waals surface area contributed by atoms with E-state index in [0.717, 1.165) is 6.08 Å². The van der Waals surface area contributed by atoms with E-state index in [1.807, 2.05) is 0 Å². The number of alkyl halides is 3. The summed E-state index contributed by atoms with van der Waals surface area (Å²) in [4.78, 5) is 13.7. The van der Waals surface area contributed by atoms with Crippen LogP contribution in [0.15, 0.2) is 23.6 Å². The standard InChI is InChI=1S/C14H19F3N2O5S/c1-13(2,3)19-10-6-7-18(12(20)21)8-9(10)4-5-11(19)24-25(22,23)14(15,16)17/h4-5,10H,6-8H2,1-3H3,(H,20,21). The first-order chi connectivity index (χ1) is 11.2. The molecule has 2 rings (SSSR count). The number of hydrogen-bond donors (Lipinski definition) is 1. The van der Waals surface area contributed by atoms with Crippen molar-refractivity contribution in [1.29, 1.82) is 0 Å². The van der Waals surface area contributed by atoms with E-state index in [2.05, 4.69) is 4.18 Å². The van der Waals surface area contributed by atoms with Gasteiger partial charge in [-0.15, -0.1) is 0 Å². The van der Waals surface area contributed by atoms with Crippen molar-refractivity contribution in [2.24, 2.45) is 0 Å². The SMILES string of the molecule is CC(C)(C)N1C(OS(=O)(=O)C(F)(F)F)=CC=C2CN(C(=O)O)CCC21. The molecule has 0 aromatic heterocycles. The summed E-state index contributed by atoms with van der Waals surface area (Å²) in [7, 11) is -5.80. The highest BCUT2D eigenvalue weighted by molar-refractivity contribution is 7.87. The number of likely N-dealkylation sites (tertiary alicyclic amines) is 1. The number of carbonyl (C=O) groups is 1. The zero-order valence-electron chi connectivity index (χ0n) is 13.9. The summed E-state index contributed by atoms with van der Waals surface area (Å²) < 4.78 is 65.0. The summed E-state index contributed by atoms with van der Waals surface area (Å²) in [6, 6.07) is -0.445. The minimum Gasteiger partial charge on any atom is -0.465 e. The van der Waals surface area contributed by atoms with Crippen LogP contribution in [0.4, 0.5) is 18.0 Å². The fourth-order valence-corrected chi connectivity index (χ4v) is 3.38. The fraction of sp³-hybridized carbons (Fsp3) is 0.643. The van der Waals surface area contributed by atoms with Gasteiger partial charge in [-0.25, -0.2) is 4.79 Å². The maximum absolute atomic E-state index is 12.6. The van der Waals surface area contributed by atoms with Crippen LogP contribution in [0.5, 0.6) is 0 Å². The van der Waals surface area contributed by atoms with Crippen LogP contribution < -0.4 is 0 Å². The highest BCUT2D eigenvalue weighted by Crippen LogP contribution is 2.37. The average molecular weight is 384 g/mol. The van der Waals surface area contributed by atoms with Crippen molar-refractivity contribution < 1.29 is 35.7 Å². The molecule has 0 aromatic rings. The van der Waals surface area contributed by atoms with Gasteiger partial charge < -0.3 is 19.1 Å². The van der Waals surface area contributed by atoms with Crippen molar-refractivity contribution in [3.05, 3.63) is 23.6 Å². The van der Waals surface area contributed by atoms with Gasteiger partial charge >= 0.3 is 21.7 Å². The van der Waals surface area contributed by atoms with Gasteiger partial charge in [0.25, 0.3) is 0 Å². The lowest BCUT2D eigenvalue weighted by Crippen LogP contribution is -2.55. The molecule has 25 heavy (non-hydrogen) atoms. The molecule has 142 valence electrons. The van der Waals surface area contributed by atoms with E-state index in [1.165, 1.54) is 15.9 Å². The van der Waals surface area contributed by atoms with Crippen molar-refractivity contribution in [2.45, 2.75) is 44.3 Å². The van der Waals surface area contributed by atoms with Gasteiger partial charge in [0.1, 0.15) is 0 Å². The highest BCUT2D eigenvalue weighted by atomic mass is 32.2. The lowest BCUT2D eigenvalue weighted by molar-refractivity contribution is -0.0559. The van der Waals surface area contributed by atoms with Crippen LogP contribution in [-0.4, -0.2) is 59.6 Å². The predicted molar refractivity (Wildman–Crippen MR) is 81.8 cm³/mol. The molecule has 0 aliphatic carbocycles. The Balaban J connectivity index is 2.40. The van der Waals surface area contributed by atoms with Gasteiger partial charge in [0.2, 0.25) is 5.88 Å². The second-order valence-corrected chi connectivity index (χ2v) is 8.32. The first-order valence-corrected chi connectivity index (χ1v) is 8.83. The third-order valence-corrected chi connectivity index (χ3v) is 4.89. The molecule has 1 N–H and O–H groups in total. The van der Waals surface area contributed by atoms with Gasteiger partial charge in [-0.3, -0.25) is 0 Å². The second-order valence-electron chi connectivity index (χ2n) is 6.78. The third-order valence-electron chi connectivity index (χ3n) is 3.93. The Morgan fingerprint density at radius 1 is 1.28 bits per heavy atom. The smallest absolute Gasteiger partial charge is 0.465 e. The maximum atomic E-state index is 12.6. The maximum Gasteiger partial charge on any atom is 0.534 e. The van der Waals surface area contributed by atoms with Crippen LogP contribution in [0.25, 0.3) is 0 Å². The molecular weight excluding hydrogens is 365 g/mol. The molecule has 0 saturated carbocycles. The Labute approximate surface area is 143 Å². The van der Waals surface area contributed by atoms with Crippen LogP contribution in [0.1, 0.15) is 27.2 Å². The van der Waals surface area contributed by atoms with Gasteiger partial charge in [-0.05, 0) is 38.8 Å². The second kappa shape index (κ2) is 6.11. The molecule has 1 saturated heterocycles. The average Bonchev–Trinajstić information content (AvgIpc) is 2.43. The molecule has 1 unspecified atom stereocenters. The third kappa shape index (κ3) is 3.86. The summed E-state index contributed by atoms with van der Waals surface area (Å²) >= 11 is 0. The number of nitrogens with zero attached hydrogens (tertiary/aromatic N) is 2. The number of halogens is 3. The zero-order chi connectivity index (χ0) is 19.2. The molecular formula is C14H19F3N2O5S. The van der Waals surface area contributed by atoms with Crippen molar-refractivity contribution >= 4 is 16.2 Å². The van der Waals surface area contributed by atoms with Crippen LogP contribution in [0, 0.1) is 0 Å².